The average molecular weight is 341 g/mol. The highest BCUT2D eigenvalue weighted by atomic mass is 79.9. The third kappa shape index (κ3) is 3.06. The van der Waals surface area contributed by atoms with Crippen LogP contribution in [0.4, 0.5) is 5.69 Å². The third-order valence-electron chi connectivity index (χ3n) is 4.40. The van der Waals surface area contributed by atoms with Crippen LogP contribution in [0, 0.1) is 11.8 Å². The van der Waals surface area contributed by atoms with E-state index in [-0.39, 0.29) is 11.6 Å². The summed E-state index contributed by atoms with van der Waals surface area (Å²) >= 11 is 3.40. The number of nitrogens with zero attached hydrogens (tertiary/aromatic N) is 2. The fraction of sp³-hybridized carbons (Fsp3) is 0.714. The summed E-state index contributed by atoms with van der Waals surface area (Å²) < 4.78 is 2.30. The third-order valence-corrected chi connectivity index (χ3v) is 5.00. The fourth-order valence-corrected chi connectivity index (χ4v) is 2.99. The molecule has 0 amide bonds. The first-order chi connectivity index (χ1) is 9.65. The van der Waals surface area contributed by atoms with Crippen molar-refractivity contribution in [2.75, 3.05) is 11.9 Å². The van der Waals surface area contributed by atoms with Crippen molar-refractivity contribution in [2.24, 2.45) is 17.6 Å². The highest BCUT2D eigenvalue weighted by molar-refractivity contribution is 9.10. The number of halogens is 1. The molecular weight excluding hydrogens is 320 g/mol. The first kappa shape index (κ1) is 14.1. The lowest BCUT2D eigenvalue weighted by molar-refractivity contribution is 0.262. The summed E-state index contributed by atoms with van der Waals surface area (Å²) in [5.41, 5.74) is 6.62. The van der Waals surface area contributed by atoms with Crippen molar-refractivity contribution in [1.82, 2.24) is 9.78 Å². The van der Waals surface area contributed by atoms with Gasteiger partial charge in [0.25, 0.3) is 5.56 Å². The number of nitrogens with one attached hydrogen (secondary N) is 1. The molecule has 1 aromatic heterocycles. The van der Waals surface area contributed by atoms with E-state index >= 15 is 0 Å². The molecule has 0 aliphatic heterocycles. The summed E-state index contributed by atoms with van der Waals surface area (Å²) in [6.07, 6.45) is 7.82. The van der Waals surface area contributed by atoms with Gasteiger partial charge < -0.3 is 11.1 Å². The van der Waals surface area contributed by atoms with Crippen LogP contribution in [0.25, 0.3) is 0 Å². The zero-order chi connectivity index (χ0) is 14.1. The van der Waals surface area contributed by atoms with Crippen LogP contribution in [-0.2, 0) is 6.54 Å². The maximum absolute atomic E-state index is 12.4. The minimum atomic E-state index is -0.0470. The Morgan fingerprint density at radius 2 is 2.20 bits per heavy atom. The van der Waals surface area contributed by atoms with Gasteiger partial charge in [0.1, 0.15) is 5.69 Å². The summed E-state index contributed by atoms with van der Waals surface area (Å²) in [6, 6.07) is 0.134. The molecule has 2 aliphatic carbocycles. The van der Waals surface area contributed by atoms with Crippen molar-refractivity contribution in [3.8, 4) is 0 Å². The second-order valence-electron chi connectivity index (χ2n) is 6.03. The second kappa shape index (κ2) is 5.85. The van der Waals surface area contributed by atoms with Gasteiger partial charge in [0.2, 0.25) is 0 Å². The summed E-state index contributed by atoms with van der Waals surface area (Å²) in [5.74, 6) is 1.24. The minimum Gasteiger partial charge on any atom is -0.378 e. The Bertz CT molecular complexity index is 536. The zero-order valence-electron chi connectivity index (χ0n) is 11.5. The van der Waals surface area contributed by atoms with E-state index in [0.717, 1.165) is 11.0 Å². The molecule has 20 heavy (non-hydrogen) atoms. The number of hydrogen-bond acceptors (Lipinski definition) is 4. The molecule has 0 radical (unpaired) electrons. The molecule has 6 heteroatoms. The van der Waals surface area contributed by atoms with Crippen LogP contribution in [0.1, 0.15) is 32.1 Å². The van der Waals surface area contributed by atoms with Crippen molar-refractivity contribution < 1.29 is 0 Å². The average Bonchev–Trinajstić information content (AvgIpc) is 3.19. The van der Waals surface area contributed by atoms with Gasteiger partial charge in [0.05, 0.1) is 10.7 Å². The molecule has 1 aromatic rings. The lowest BCUT2D eigenvalue weighted by Crippen LogP contribution is -2.35. The van der Waals surface area contributed by atoms with Gasteiger partial charge in [-0.25, -0.2) is 4.68 Å². The van der Waals surface area contributed by atoms with Crippen LogP contribution in [0.3, 0.4) is 0 Å². The smallest absolute Gasteiger partial charge is 0.291 e. The largest absolute Gasteiger partial charge is 0.378 e. The number of aromatic nitrogens is 2. The van der Waals surface area contributed by atoms with Gasteiger partial charge >= 0.3 is 0 Å². The SMILES string of the molecule is NC(CNc1c(Br)cnn(CC2CCC2)c1=O)C1CC1. The maximum atomic E-state index is 12.4. The Balaban J connectivity index is 1.70. The summed E-state index contributed by atoms with van der Waals surface area (Å²) in [6.45, 7) is 1.38. The van der Waals surface area contributed by atoms with Gasteiger partial charge in [-0.3, -0.25) is 4.79 Å². The van der Waals surface area contributed by atoms with E-state index in [9.17, 15) is 4.79 Å². The Morgan fingerprint density at radius 3 is 2.80 bits per heavy atom. The number of nitrogens with two attached hydrogens (primary N) is 1. The number of hydrogen-bond donors (Lipinski definition) is 2. The Labute approximate surface area is 127 Å². The molecule has 0 aromatic carbocycles. The van der Waals surface area contributed by atoms with E-state index in [1.807, 2.05) is 0 Å². The van der Waals surface area contributed by atoms with Crippen molar-refractivity contribution in [3.05, 3.63) is 21.0 Å². The molecule has 1 atom stereocenters. The number of anilines is 1. The normalized spacial score (nSPS) is 20.5. The van der Waals surface area contributed by atoms with Gasteiger partial charge in [-0.05, 0) is 53.4 Å². The zero-order valence-corrected chi connectivity index (χ0v) is 13.1. The van der Waals surface area contributed by atoms with Gasteiger partial charge in [-0.2, -0.15) is 5.10 Å². The van der Waals surface area contributed by atoms with Crippen LogP contribution in [-0.4, -0.2) is 22.4 Å². The lowest BCUT2D eigenvalue weighted by Gasteiger charge is -2.25. The molecule has 2 saturated carbocycles. The van der Waals surface area contributed by atoms with Gasteiger partial charge in [0, 0.05) is 19.1 Å². The van der Waals surface area contributed by atoms with Gasteiger partial charge in [-0.1, -0.05) is 6.42 Å². The highest BCUT2D eigenvalue weighted by Gasteiger charge is 2.28. The topological polar surface area (TPSA) is 72.9 Å². The molecule has 0 bridgehead atoms. The van der Waals surface area contributed by atoms with E-state index in [1.165, 1.54) is 32.1 Å². The van der Waals surface area contributed by atoms with Crippen molar-refractivity contribution >= 4 is 21.6 Å². The highest BCUT2D eigenvalue weighted by Crippen LogP contribution is 2.31. The molecule has 0 saturated heterocycles. The van der Waals surface area contributed by atoms with Crippen LogP contribution in [0.15, 0.2) is 15.5 Å². The van der Waals surface area contributed by atoms with Crippen molar-refractivity contribution in [2.45, 2.75) is 44.7 Å². The van der Waals surface area contributed by atoms with Gasteiger partial charge in [0.15, 0.2) is 0 Å². The quantitative estimate of drug-likeness (QED) is 0.830. The molecule has 3 rings (SSSR count). The molecule has 110 valence electrons. The number of rotatable bonds is 6. The molecule has 1 heterocycles. The van der Waals surface area contributed by atoms with E-state index in [0.29, 0.717) is 24.1 Å². The van der Waals surface area contributed by atoms with Crippen molar-refractivity contribution in [3.63, 3.8) is 0 Å². The second-order valence-corrected chi connectivity index (χ2v) is 6.89. The molecule has 2 fully saturated rings. The summed E-state index contributed by atoms with van der Waals surface area (Å²) in [7, 11) is 0. The minimum absolute atomic E-state index is 0.0470. The van der Waals surface area contributed by atoms with E-state index < -0.39 is 0 Å². The molecule has 1 unspecified atom stereocenters. The van der Waals surface area contributed by atoms with Crippen LogP contribution < -0.4 is 16.6 Å². The fourth-order valence-electron chi connectivity index (χ4n) is 2.59. The van der Waals surface area contributed by atoms with Gasteiger partial charge in [-0.15, -0.1) is 0 Å². The Hall–Kier alpha value is -0.880. The molecule has 5 nitrogen and oxygen atoms in total. The predicted octanol–water partition coefficient (Wildman–Crippen LogP) is 1.96. The molecule has 2 aliphatic rings. The first-order valence-corrected chi connectivity index (χ1v) is 8.19. The predicted molar refractivity (Wildman–Crippen MR) is 82.7 cm³/mol. The van der Waals surface area contributed by atoms with Crippen molar-refractivity contribution in [1.29, 1.82) is 0 Å². The molecule has 0 spiro atoms. The standard InChI is InChI=1S/C14H21BrN4O/c15-11-6-18-19(8-9-2-1-3-9)14(20)13(11)17-7-12(16)10-4-5-10/h6,9-10,12,17H,1-5,7-8,16H2. The van der Waals surface area contributed by atoms with E-state index in [4.69, 9.17) is 5.73 Å². The molecule has 3 N–H and O–H groups in total. The Morgan fingerprint density at radius 1 is 1.45 bits per heavy atom. The summed E-state index contributed by atoms with van der Waals surface area (Å²) in [5, 5.41) is 7.43. The van der Waals surface area contributed by atoms with Crippen LogP contribution in [0.5, 0.6) is 0 Å². The monoisotopic (exact) mass is 340 g/mol. The Kier molecular flexibility index (Phi) is 4.12. The summed E-state index contributed by atoms with van der Waals surface area (Å²) in [4.78, 5) is 12.4. The first-order valence-electron chi connectivity index (χ1n) is 7.40. The lowest BCUT2D eigenvalue weighted by atomic mass is 9.85. The van der Waals surface area contributed by atoms with E-state index in [1.54, 1.807) is 10.9 Å². The van der Waals surface area contributed by atoms with E-state index in [2.05, 4.69) is 26.3 Å². The van der Waals surface area contributed by atoms with Crippen LogP contribution >= 0.6 is 15.9 Å². The maximum Gasteiger partial charge on any atom is 0.291 e. The van der Waals surface area contributed by atoms with Crippen LogP contribution in [0.2, 0.25) is 0 Å². The molecular formula is C14H21BrN4O.